The molecular weight excluding hydrogens is 202 g/mol. The van der Waals surface area contributed by atoms with Crippen molar-refractivity contribution in [3.05, 3.63) is 18.5 Å². The van der Waals surface area contributed by atoms with Crippen molar-refractivity contribution in [2.24, 2.45) is 5.92 Å². The summed E-state index contributed by atoms with van der Waals surface area (Å²) in [5.41, 5.74) is 0. The van der Waals surface area contributed by atoms with Crippen LogP contribution < -0.4 is 5.32 Å². The van der Waals surface area contributed by atoms with Crippen LogP contribution in [0, 0.1) is 5.92 Å². The summed E-state index contributed by atoms with van der Waals surface area (Å²) in [6.07, 6.45) is 4.78. The maximum atomic E-state index is 9.22. The van der Waals surface area contributed by atoms with Crippen molar-refractivity contribution in [2.45, 2.75) is 45.8 Å². The Bertz CT molecular complexity index is 272. The summed E-state index contributed by atoms with van der Waals surface area (Å²) in [7, 11) is 0. The van der Waals surface area contributed by atoms with Gasteiger partial charge in [0.05, 0.1) is 6.61 Å². The fourth-order valence-corrected chi connectivity index (χ4v) is 1.66. The van der Waals surface area contributed by atoms with Gasteiger partial charge in [-0.05, 0) is 25.3 Å². The molecule has 0 aliphatic rings. The molecule has 0 amide bonds. The van der Waals surface area contributed by atoms with Gasteiger partial charge in [0, 0.05) is 31.0 Å². The summed E-state index contributed by atoms with van der Waals surface area (Å²) in [4.78, 5) is 0. The van der Waals surface area contributed by atoms with Crippen LogP contribution in [0.3, 0.4) is 0 Å². The predicted octanol–water partition coefficient (Wildman–Crippen LogP) is 1.27. The molecule has 2 N–H and O–H groups in total. The van der Waals surface area contributed by atoms with Gasteiger partial charge < -0.3 is 10.4 Å². The standard InChI is InChI=1S/C12H23N3O/c1-10(2)12(9-16)14-11(3)5-8-15-7-4-6-13-15/h4,6-7,10-12,14,16H,5,8-9H2,1-3H3/t11?,12-/m1/s1. The molecule has 2 atom stereocenters. The zero-order valence-corrected chi connectivity index (χ0v) is 10.4. The molecule has 0 spiro atoms. The van der Waals surface area contributed by atoms with Gasteiger partial charge in [-0.25, -0.2) is 0 Å². The molecule has 4 heteroatoms. The quantitative estimate of drug-likeness (QED) is 0.734. The Labute approximate surface area is 97.7 Å². The summed E-state index contributed by atoms with van der Waals surface area (Å²) < 4.78 is 1.93. The highest BCUT2D eigenvalue weighted by Crippen LogP contribution is 2.04. The number of hydrogen-bond acceptors (Lipinski definition) is 3. The first-order valence-electron chi connectivity index (χ1n) is 5.97. The maximum Gasteiger partial charge on any atom is 0.0587 e. The Hall–Kier alpha value is -0.870. The summed E-state index contributed by atoms with van der Waals surface area (Å²) >= 11 is 0. The first-order chi connectivity index (χ1) is 7.63. The van der Waals surface area contributed by atoms with E-state index < -0.39 is 0 Å². The van der Waals surface area contributed by atoms with E-state index in [9.17, 15) is 5.11 Å². The SMILES string of the molecule is CC(CCn1cccn1)N[C@H](CO)C(C)C. The molecule has 1 rings (SSSR count). The number of aliphatic hydroxyl groups is 1. The predicted molar refractivity (Wildman–Crippen MR) is 65.2 cm³/mol. The minimum atomic E-state index is 0.188. The second kappa shape index (κ2) is 6.66. The van der Waals surface area contributed by atoms with Crippen LogP contribution in [-0.2, 0) is 6.54 Å². The Balaban J connectivity index is 2.27. The van der Waals surface area contributed by atoms with Crippen molar-refractivity contribution in [1.29, 1.82) is 0 Å². The molecule has 0 aromatic carbocycles. The number of aliphatic hydroxyl groups excluding tert-OH is 1. The van der Waals surface area contributed by atoms with E-state index in [0.717, 1.165) is 13.0 Å². The first-order valence-corrected chi connectivity index (χ1v) is 5.97. The monoisotopic (exact) mass is 225 g/mol. The second-order valence-electron chi connectivity index (χ2n) is 4.66. The lowest BCUT2D eigenvalue weighted by Gasteiger charge is -2.24. The van der Waals surface area contributed by atoms with E-state index in [0.29, 0.717) is 12.0 Å². The molecule has 1 aromatic heterocycles. The van der Waals surface area contributed by atoms with Gasteiger partial charge in [0.25, 0.3) is 0 Å². The Kier molecular flexibility index (Phi) is 5.49. The molecule has 1 aromatic rings. The van der Waals surface area contributed by atoms with Gasteiger partial charge in [-0.1, -0.05) is 13.8 Å². The molecule has 16 heavy (non-hydrogen) atoms. The van der Waals surface area contributed by atoms with E-state index >= 15 is 0 Å². The van der Waals surface area contributed by atoms with Gasteiger partial charge in [-0.2, -0.15) is 5.10 Å². The van der Waals surface area contributed by atoms with Crippen molar-refractivity contribution in [1.82, 2.24) is 15.1 Å². The fraction of sp³-hybridized carbons (Fsp3) is 0.750. The van der Waals surface area contributed by atoms with E-state index in [2.05, 4.69) is 31.2 Å². The summed E-state index contributed by atoms with van der Waals surface area (Å²) in [6.45, 7) is 7.50. The van der Waals surface area contributed by atoms with Crippen molar-refractivity contribution in [3.8, 4) is 0 Å². The number of rotatable bonds is 7. The van der Waals surface area contributed by atoms with Crippen LogP contribution in [0.2, 0.25) is 0 Å². The smallest absolute Gasteiger partial charge is 0.0587 e. The molecule has 4 nitrogen and oxygen atoms in total. The number of nitrogens with zero attached hydrogens (tertiary/aromatic N) is 2. The van der Waals surface area contributed by atoms with E-state index in [-0.39, 0.29) is 12.6 Å². The molecular formula is C12H23N3O. The van der Waals surface area contributed by atoms with Gasteiger partial charge in [0.15, 0.2) is 0 Å². The minimum absolute atomic E-state index is 0.188. The van der Waals surface area contributed by atoms with E-state index in [4.69, 9.17) is 0 Å². The van der Waals surface area contributed by atoms with Gasteiger partial charge >= 0.3 is 0 Å². The lowest BCUT2D eigenvalue weighted by atomic mass is 10.0. The van der Waals surface area contributed by atoms with Crippen molar-refractivity contribution in [2.75, 3.05) is 6.61 Å². The molecule has 1 unspecified atom stereocenters. The van der Waals surface area contributed by atoms with Crippen LogP contribution in [0.4, 0.5) is 0 Å². The Morgan fingerprint density at radius 3 is 2.62 bits per heavy atom. The van der Waals surface area contributed by atoms with Crippen molar-refractivity contribution >= 4 is 0 Å². The normalized spacial score (nSPS) is 15.3. The third kappa shape index (κ3) is 4.33. The van der Waals surface area contributed by atoms with Crippen LogP contribution in [0.15, 0.2) is 18.5 Å². The summed E-state index contributed by atoms with van der Waals surface area (Å²) in [5, 5.41) is 16.8. The van der Waals surface area contributed by atoms with Gasteiger partial charge in [0.2, 0.25) is 0 Å². The van der Waals surface area contributed by atoms with E-state index in [1.54, 1.807) is 6.20 Å². The lowest BCUT2D eigenvalue weighted by Crippen LogP contribution is -2.42. The van der Waals surface area contributed by atoms with Crippen LogP contribution in [0.5, 0.6) is 0 Å². The Morgan fingerprint density at radius 1 is 1.38 bits per heavy atom. The molecule has 0 saturated carbocycles. The average Bonchev–Trinajstić information content (AvgIpc) is 2.75. The topological polar surface area (TPSA) is 50.1 Å². The third-order valence-corrected chi connectivity index (χ3v) is 2.85. The molecule has 0 saturated heterocycles. The van der Waals surface area contributed by atoms with Gasteiger partial charge in [-0.15, -0.1) is 0 Å². The average molecular weight is 225 g/mol. The summed E-state index contributed by atoms with van der Waals surface area (Å²) in [5.74, 6) is 0.456. The highest BCUT2D eigenvalue weighted by molar-refractivity contribution is 4.79. The van der Waals surface area contributed by atoms with E-state index in [1.807, 2.05) is 16.9 Å². The number of hydrogen-bond donors (Lipinski definition) is 2. The molecule has 0 aliphatic heterocycles. The van der Waals surface area contributed by atoms with Gasteiger partial charge in [0.1, 0.15) is 0 Å². The van der Waals surface area contributed by atoms with Crippen molar-refractivity contribution < 1.29 is 5.11 Å². The van der Waals surface area contributed by atoms with Crippen molar-refractivity contribution in [3.63, 3.8) is 0 Å². The number of aryl methyl sites for hydroxylation is 1. The largest absolute Gasteiger partial charge is 0.395 e. The van der Waals surface area contributed by atoms with Crippen LogP contribution in [0.25, 0.3) is 0 Å². The maximum absolute atomic E-state index is 9.22. The Morgan fingerprint density at radius 2 is 2.12 bits per heavy atom. The second-order valence-corrected chi connectivity index (χ2v) is 4.66. The minimum Gasteiger partial charge on any atom is -0.395 e. The van der Waals surface area contributed by atoms with Gasteiger partial charge in [-0.3, -0.25) is 4.68 Å². The number of aromatic nitrogens is 2. The van der Waals surface area contributed by atoms with E-state index in [1.165, 1.54) is 0 Å². The fourth-order valence-electron chi connectivity index (χ4n) is 1.66. The molecule has 92 valence electrons. The molecule has 0 radical (unpaired) electrons. The van der Waals surface area contributed by atoms with Crippen LogP contribution in [0.1, 0.15) is 27.2 Å². The molecule has 1 heterocycles. The summed E-state index contributed by atoms with van der Waals surface area (Å²) in [6, 6.07) is 2.51. The molecule has 0 aliphatic carbocycles. The zero-order valence-electron chi connectivity index (χ0n) is 10.4. The lowest BCUT2D eigenvalue weighted by molar-refractivity contribution is 0.198. The highest BCUT2D eigenvalue weighted by atomic mass is 16.3. The van der Waals surface area contributed by atoms with Crippen LogP contribution >= 0.6 is 0 Å². The number of nitrogens with one attached hydrogen (secondary N) is 1. The molecule has 0 fully saturated rings. The molecule has 0 bridgehead atoms. The van der Waals surface area contributed by atoms with Crippen LogP contribution in [-0.4, -0.2) is 33.6 Å². The zero-order chi connectivity index (χ0) is 12.0. The highest BCUT2D eigenvalue weighted by Gasteiger charge is 2.14. The first kappa shape index (κ1) is 13.2. The third-order valence-electron chi connectivity index (χ3n) is 2.85.